The molecule has 22 nitrogen and oxygen atoms in total. The smallest absolute Gasteiger partial charge is 0.413 e. The lowest BCUT2D eigenvalue weighted by molar-refractivity contribution is -0.753. The maximum Gasteiger partial charge on any atom is 0.413 e. The van der Waals surface area contributed by atoms with Crippen LogP contribution in [0.3, 0.4) is 0 Å². The second kappa shape index (κ2) is 19.4. The number of ether oxygens (including phenoxy) is 4. The third-order valence-electron chi connectivity index (χ3n) is 10.0. The fourth-order valence-corrected chi connectivity index (χ4v) is 7.96. The molecule has 3 N–H and O–H groups in total. The molecule has 2 unspecified atom stereocenters. The molecule has 1 saturated heterocycles. The number of anilines is 1. The summed E-state index contributed by atoms with van der Waals surface area (Å²) in [6.07, 6.45) is 2.96. The van der Waals surface area contributed by atoms with Crippen molar-refractivity contribution in [1.29, 1.82) is 0 Å². The molecule has 67 heavy (non-hydrogen) atoms. The molecule has 368 valence electrons. The van der Waals surface area contributed by atoms with Gasteiger partial charge in [-0.3, -0.25) is 14.9 Å². The van der Waals surface area contributed by atoms with E-state index in [1.54, 1.807) is 68.4 Å². The molecule has 0 aliphatic carbocycles. The van der Waals surface area contributed by atoms with Crippen molar-refractivity contribution in [1.82, 2.24) is 25.4 Å². The molecule has 2 aliphatic rings. The van der Waals surface area contributed by atoms with Crippen LogP contribution in [0.1, 0.15) is 107 Å². The number of nitrogens with one attached hydrogen (secondary N) is 3. The summed E-state index contributed by atoms with van der Waals surface area (Å²) in [5, 5.41) is 13.6. The maximum absolute atomic E-state index is 14.2. The van der Waals surface area contributed by atoms with Crippen LogP contribution in [-0.2, 0) is 68.1 Å². The Labute approximate surface area is 393 Å². The van der Waals surface area contributed by atoms with Gasteiger partial charge in [0.15, 0.2) is 24.0 Å². The zero-order valence-corrected chi connectivity index (χ0v) is 41.6. The number of benzene rings is 1. The molecule has 3 aromatic rings. The van der Waals surface area contributed by atoms with Crippen LogP contribution in [-0.4, -0.2) is 110 Å². The van der Waals surface area contributed by atoms with Gasteiger partial charge in [0.25, 0.3) is 17.4 Å². The zero-order chi connectivity index (χ0) is 50.1. The Balaban J connectivity index is 1.41. The molecular weight excluding hydrogens is 917 g/mol. The number of alkyl carbamates (subject to hydrolysis) is 1. The number of aromatic nitrogens is 3. The van der Waals surface area contributed by atoms with E-state index in [9.17, 15) is 36.9 Å². The Morgan fingerprint density at radius 1 is 0.985 bits per heavy atom. The Kier molecular flexibility index (Phi) is 15.1. The van der Waals surface area contributed by atoms with Crippen LogP contribution in [0.2, 0.25) is 0 Å². The van der Waals surface area contributed by atoms with Crippen molar-refractivity contribution in [2.45, 2.75) is 149 Å². The molecule has 4 amide bonds. The van der Waals surface area contributed by atoms with Gasteiger partial charge in [0, 0.05) is 11.9 Å². The number of carbonyl (C=O) groups excluding carboxylic acids is 5. The van der Waals surface area contributed by atoms with Gasteiger partial charge in [-0.05, 0) is 126 Å². The highest BCUT2D eigenvalue weighted by Crippen LogP contribution is 2.38. The molecule has 0 saturated carbocycles. The number of oxime groups is 1. The molecule has 2 aliphatic heterocycles. The number of hydroxylamine groups is 2. The number of rotatable bonds is 15. The standard InChI is InChI=1S/C43H60N8O14S2/c1-39(2,3)61-35(54)43(12,30-18-16-26-21-25(15-17-29(26)60-30)27-22-49(13)50(23-27)20-14-19-44-37(55)62-40(4,5)6)64-48-31(28-24-66-36(45-28)47-38(56)63-41(7,8)9)33(52)46-32-34(53)51(42(32,10)11)65-67(57,58)59/h15,17,21-24,30,32H,14,16,18-20H2,1-13H3,(H3-,44,45,46,47,52,55,56,57,58,59)/b48-31-/t30-,32?,43?/m1/s1. The topological polar surface area (TPSA) is 271 Å². The van der Waals surface area contributed by atoms with E-state index in [-0.39, 0.29) is 17.2 Å². The van der Waals surface area contributed by atoms with Gasteiger partial charge in [0.1, 0.15) is 34.3 Å². The van der Waals surface area contributed by atoms with Gasteiger partial charge in [-0.1, -0.05) is 11.2 Å². The monoisotopic (exact) mass is 976 g/mol. The van der Waals surface area contributed by atoms with Gasteiger partial charge in [-0.15, -0.1) is 16.0 Å². The van der Waals surface area contributed by atoms with E-state index in [0.29, 0.717) is 36.7 Å². The molecule has 2 aromatic heterocycles. The van der Waals surface area contributed by atoms with E-state index < -0.39 is 86.2 Å². The van der Waals surface area contributed by atoms with E-state index in [1.807, 2.05) is 40.9 Å². The summed E-state index contributed by atoms with van der Waals surface area (Å²) in [4.78, 5) is 76.3. The van der Waals surface area contributed by atoms with Crippen molar-refractivity contribution in [3.8, 4) is 16.9 Å². The highest BCUT2D eigenvalue weighted by molar-refractivity contribution is 7.80. The summed E-state index contributed by atoms with van der Waals surface area (Å²) in [5.41, 5.74) is -4.04. The van der Waals surface area contributed by atoms with Crippen molar-refractivity contribution in [2.75, 3.05) is 11.9 Å². The lowest BCUT2D eigenvalue weighted by Gasteiger charge is -2.51. The Bertz CT molecular complexity index is 2520. The predicted molar refractivity (Wildman–Crippen MR) is 240 cm³/mol. The van der Waals surface area contributed by atoms with E-state index >= 15 is 0 Å². The van der Waals surface area contributed by atoms with Crippen molar-refractivity contribution in [3.63, 3.8) is 0 Å². The zero-order valence-electron chi connectivity index (χ0n) is 39.9. The number of aryl methyl sites for hydroxylation is 3. The molecule has 1 aromatic carbocycles. The number of nitrogens with zero attached hydrogens (tertiary/aromatic N) is 5. The summed E-state index contributed by atoms with van der Waals surface area (Å²) >= 11 is 0.898. The first-order chi connectivity index (χ1) is 30.7. The quantitative estimate of drug-likeness (QED) is 0.0219. The van der Waals surface area contributed by atoms with E-state index in [1.165, 1.54) is 26.2 Å². The van der Waals surface area contributed by atoms with Crippen molar-refractivity contribution in [2.24, 2.45) is 12.2 Å². The van der Waals surface area contributed by atoms with Gasteiger partial charge in [0.2, 0.25) is 16.6 Å². The second-order valence-electron chi connectivity index (χ2n) is 19.7. The van der Waals surface area contributed by atoms with Crippen LogP contribution >= 0.6 is 11.3 Å². The van der Waals surface area contributed by atoms with Crippen molar-refractivity contribution in [3.05, 3.63) is 47.2 Å². The second-order valence-corrected chi connectivity index (χ2v) is 21.5. The van der Waals surface area contributed by atoms with Crippen LogP contribution in [0.25, 0.3) is 11.1 Å². The largest absolute Gasteiger partial charge is 0.724 e. The van der Waals surface area contributed by atoms with Crippen LogP contribution in [0, 0.1) is 0 Å². The third kappa shape index (κ3) is 13.6. The molecule has 1 fully saturated rings. The minimum atomic E-state index is -5.34. The first kappa shape index (κ1) is 52.1. The van der Waals surface area contributed by atoms with E-state index in [2.05, 4.69) is 30.4 Å². The molecule has 0 bridgehead atoms. The number of fused-ring (bicyclic) bond motifs is 1. The Morgan fingerprint density at radius 2 is 1.63 bits per heavy atom. The third-order valence-corrected chi connectivity index (χ3v) is 11.1. The predicted octanol–water partition coefficient (Wildman–Crippen LogP) is 4.41. The van der Waals surface area contributed by atoms with Crippen LogP contribution in [0.4, 0.5) is 14.7 Å². The van der Waals surface area contributed by atoms with Gasteiger partial charge >= 0.3 is 18.2 Å². The molecule has 24 heteroatoms. The number of thiazole rings is 1. The minimum absolute atomic E-state index is 0.00978. The number of hydrogen-bond acceptors (Lipinski definition) is 17. The molecule has 5 rings (SSSR count). The van der Waals surface area contributed by atoms with Crippen molar-refractivity contribution < 1.29 is 69.7 Å². The summed E-state index contributed by atoms with van der Waals surface area (Å²) in [5.74, 6) is -2.54. The van der Waals surface area contributed by atoms with Crippen LogP contribution in [0.5, 0.6) is 5.75 Å². The summed E-state index contributed by atoms with van der Waals surface area (Å²) < 4.78 is 65.2. The molecule has 0 radical (unpaired) electrons. The average Bonchev–Trinajstić information content (AvgIpc) is 3.80. The van der Waals surface area contributed by atoms with E-state index in [0.717, 1.165) is 28.0 Å². The van der Waals surface area contributed by atoms with Gasteiger partial charge in [-0.25, -0.2) is 27.8 Å². The Morgan fingerprint density at radius 3 is 2.24 bits per heavy atom. The molecule has 3 atom stereocenters. The highest BCUT2D eigenvalue weighted by atomic mass is 32.3. The van der Waals surface area contributed by atoms with Gasteiger partial charge in [-0.2, -0.15) is 14.0 Å². The van der Waals surface area contributed by atoms with Crippen LogP contribution in [0.15, 0.2) is 41.1 Å². The summed E-state index contributed by atoms with van der Waals surface area (Å²) in [7, 11) is -3.43. The summed E-state index contributed by atoms with van der Waals surface area (Å²) in [6, 6.07) is 4.23. The Hall–Kier alpha value is -5.85. The average molecular weight is 977 g/mol. The molecule has 0 spiro atoms. The van der Waals surface area contributed by atoms with Crippen LogP contribution < -0.4 is 25.4 Å². The van der Waals surface area contributed by atoms with Crippen molar-refractivity contribution >= 4 is 62.5 Å². The number of hydrogen-bond donors (Lipinski definition) is 3. The number of β-lactam (4-membered cyclic amide) rings is 1. The molecular formula is C43H60N8O14S2. The first-order valence-corrected chi connectivity index (χ1v) is 23.5. The number of carbonyl (C=O) groups is 5. The van der Waals surface area contributed by atoms with Gasteiger partial charge < -0.3 is 39.0 Å². The summed E-state index contributed by atoms with van der Waals surface area (Å²) in [6.45, 7) is 20.6. The van der Waals surface area contributed by atoms with Gasteiger partial charge in [0.05, 0.1) is 23.8 Å². The maximum atomic E-state index is 14.2. The number of esters is 1. The highest BCUT2D eigenvalue weighted by Gasteiger charge is 2.58. The lowest BCUT2D eigenvalue weighted by Crippen LogP contribution is -2.76. The molecule has 4 heterocycles. The first-order valence-electron chi connectivity index (χ1n) is 21.3. The number of amides is 4. The lowest BCUT2D eigenvalue weighted by atomic mass is 9.84. The fraction of sp³-hybridized carbons (Fsp3) is 0.581. The fourth-order valence-electron chi connectivity index (χ4n) is 6.83. The SMILES string of the molecule is C[n+]1cc(-c2ccc3c(c2)CC[C@H](C(C)(O/N=C(\C(=O)NC2C(=O)N(OS(=O)(=O)[O-])C2(C)C)c2csc(NC(=O)OC(C)(C)C)n2)C(=O)OC(C)(C)C)O3)cn1CCCNC(=O)OC(C)(C)C. The van der Waals surface area contributed by atoms with E-state index in [4.69, 9.17) is 23.8 Å². The normalized spacial score (nSPS) is 18.3. The minimum Gasteiger partial charge on any atom is -0.724 e.